The minimum absolute atomic E-state index is 0.0954. The van der Waals surface area contributed by atoms with E-state index < -0.39 is 11.9 Å². The molecule has 6 heteroatoms. The van der Waals surface area contributed by atoms with E-state index in [1.54, 1.807) is 13.8 Å². The minimum Gasteiger partial charge on any atom is -0.497 e. The average Bonchev–Trinajstić information content (AvgIpc) is 2.28. The first-order valence-corrected chi connectivity index (χ1v) is 5.32. The van der Waals surface area contributed by atoms with E-state index in [0.29, 0.717) is 12.2 Å². The van der Waals surface area contributed by atoms with E-state index in [-0.39, 0.29) is 19.1 Å². The Bertz CT molecular complexity index is 262. The van der Waals surface area contributed by atoms with Crippen LogP contribution in [0.15, 0.2) is 11.8 Å². The Kier molecular flexibility index (Phi) is 8.34. The zero-order valence-electron chi connectivity index (χ0n) is 9.32. The van der Waals surface area contributed by atoms with Crippen LogP contribution in [0.1, 0.15) is 13.8 Å². The van der Waals surface area contributed by atoms with Crippen molar-refractivity contribution in [3.63, 3.8) is 0 Å². The third kappa shape index (κ3) is 7.11. The Morgan fingerprint density at radius 1 is 1.25 bits per heavy atom. The zero-order chi connectivity index (χ0) is 12.4. The number of ether oxygens (including phenoxy) is 3. The SMILES string of the molecule is CCOC(=O)C(C)=COCCOC(=O)CCl. The van der Waals surface area contributed by atoms with Gasteiger partial charge in [-0.3, -0.25) is 4.79 Å². The van der Waals surface area contributed by atoms with E-state index in [9.17, 15) is 9.59 Å². The van der Waals surface area contributed by atoms with E-state index in [1.807, 2.05) is 0 Å². The molecule has 0 aliphatic heterocycles. The highest BCUT2D eigenvalue weighted by Gasteiger charge is 2.04. The van der Waals surface area contributed by atoms with Gasteiger partial charge in [0.15, 0.2) is 0 Å². The number of hydrogen-bond acceptors (Lipinski definition) is 5. The van der Waals surface area contributed by atoms with Gasteiger partial charge in [0.05, 0.1) is 18.4 Å². The zero-order valence-corrected chi connectivity index (χ0v) is 10.1. The van der Waals surface area contributed by atoms with Gasteiger partial charge in [0, 0.05) is 0 Å². The maximum Gasteiger partial charge on any atom is 0.336 e. The fourth-order valence-electron chi connectivity index (χ4n) is 0.719. The third-order valence-corrected chi connectivity index (χ3v) is 1.65. The monoisotopic (exact) mass is 250 g/mol. The molecule has 0 aliphatic carbocycles. The molecule has 0 aromatic carbocycles. The first-order chi connectivity index (χ1) is 7.61. The predicted molar refractivity (Wildman–Crippen MR) is 58.0 cm³/mol. The largest absolute Gasteiger partial charge is 0.497 e. The lowest BCUT2D eigenvalue weighted by atomic mass is 10.3. The summed E-state index contributed by atoms with van der Waals surface area (Å²) in [5.74, 6) is -1.12. The van der Waals surface area contributed by atoms with Crippen LogP contribution in [-0.2, 0) is 23.8 Å². The van der Waals surface area contributed by atoms with Crippen LogP contribution in [0.5, 0.6) is 0 Å². The number of halogens is 1. The van der Waals surface area contributed by atoms with Gasteiger partial charge in [0.1, 0.15) is 19.1 Å². The van der Waals surface area contributed by atoms with Gasteiger partial charge in [-0.1, -0.05) is 0 Å². The summed E-state index contributed by atoms with van der Waals surface area (Å²) < 4.78 is 14.3. The average molecular weight is 251 g/mol. The lowest BCUT2D eigenvalue weighted by Gasteiger charge is -2.04. The summed E-state index contributed by atoms with van der Waals surface area (Å²) in [6.07, 6.45) is 1.27. The smallest absolute Gasteiger partial charge is 0.336 e. The molecule has 0 saturated heterocycles. The molecule has 0 aromatic heterocycles. The topological polar surface area (TPSA) is 61.8 Å². The van der Waals surface area contributed by atoms with Crippen molar-refractivity contribution in [1.29, 1.82) is 0 Å². The van der Waals surface area contributed by atoms with Crippen LogP contribution < -0.4 is 0 Å². The van der Waals surface area contributed by atoms with E-state index in [4.69, 9.17) is 21.1 Å². The van der Waals surface area contributed by atoms with Gasteiger partial charge < -0.3 is 14.2 Å². The maximum absolute atomic E-state index is 11.1. The summed E-state index contributed by atoms with van der Waals surface area (Å²) in [5, 5.41) is 0. The van der Waals surface area contributed by atoms with Gasteiger partial charge in [-0.15, -0.1) is 11.6 Å². The number of carbonyl (C=O) groups excluding carboxylic acids is 2. The van der Waals surface area contributed by atoms with Gasteiger partial charge in [-0.05, 0) is 13.8 Å². The second-order valence-electron chi connectivity index (χ2n) is 2.75. The molecule has 0 bridgehead atoms. The van der Waals surface area contributed by atoms with Crippen molar-refractivity contribution in [2.24, 2.45) is 0 Å². The molecule has 0 atom stereocenters. The molecule has 0 heterocycles. The molecule has 5 nitrogen and oxygen atoms in total. The lowest BCUT2D eigenvalue weighted by molar-refractivity contribution is -0.142. The number of hydrogen-bond donors (Lipinski definition) is 0. The molecule has 0 unspecified atom stereocenters. The van der Waals surface area contributed by atoms with Crippen molar-refractivity contribution < 1.29 is 23.8 Å². The van der Waals surface area contributed by atoms with Gasteiger partial charge in [0.2, 0.25) is 0 Å². The van der Waals surface area contributed by atoms with Crippen LogP contribution in [-0.4, -0.2) is 37.6 Å². The van der Waals surface area contributed by atoms with E-state index >= 15 is 0 Å². The highest BCUT2D eigenvalue weighted by atomic mass is 35.5. The van der Waals surface area contributed by atoms with Crippen LogP contribution in [0, 0.1) is 0 Å². The Morgan fingerprint density at radius 2 is 1.94 bits per heavy atom. The molecular formula is C10H15ClO5. The van der Waals surface area contributed by atoms with Crippen LogP contribution in [0.4, 0.5) is 0 Å². The second kappa shape index (κ2) is 9.03. The Balaban J connectivity index is 3.66. The molecule has 0 aliphatic rings. The quantitative estimate of drug-likeness (QED) is 0.224. The molecule has 0 saturated carbocycles. The number of rotatable bonds is 7. The molecule has 0 amide bonds. The van der Waals surface area contributed by atoms with Gasteiger partial charge in [-0.2, -0.15) is 0 Å². The Morgan fingerprint density at radius 3 is 2.50 bits per heavy atom. The summed E-state index contributed by atoms with van der Waals surface area (Å²) in [7, 11) is 0. The molecule has 16 heavy (non-hydrogen) atoms. The highest BCUT2D eigenvalue weighted by molar-refractivity contribution is 6.26. The van der Waals surface area contributed by atoms with E-state index in [0.717, 1.165) is 0 Å². The maximum atomic E-state index is 11.1. The molecule has 0 spiro atoms. The summed E-state index contributed by atoms with van der Waals surface area (Å²) in [4.78, 5) is 21.7. The molecular weight excluding hydrogens is 236 g/mol. The van der Waals surface area contributed by atoms with Crippen molar-refractivity contribution in [1.82, 2.24) is 0 Å². The predicted octanol–water partition coefficient (Wildman–Crippen LogP) is 1.25. The third-order valence-electron chi connectivity index (χ3n) is 1.43. The fraction of sp³-hybridized carbons (Fsp3) is 0.600. The van der Waals surface area contributed by atoms with Gasteiger partial charge in [-0.25, -0.2) is 4.79 Å². The normalized spacial score (nSPS) is 10.8. The summed E-state index contributed by atoms with van der Waals surface area (Å²) in [6, 6.07) is 0. The number of carbonyl (C=O) groups is 2. The fourth-order valence-corrected chi connectivity index (χ4v) is 0.796. The standard InChI is InChI=1S/C10H15ClO5/c1-3-15-10(13)8(2)7-14-4-5-16-9(12)6-11/h7H,3-6H2,1-2H3. The Hall–Kier alpha value is -1.23. The summed E-state index contributed by atoms with van der Waals surface area (Å²) in [5.41, 5.74) is 0.352. The lowest BCUT2D eigenvalue weighted by Crippen LogP contribution is -2.11. The van der Waals surface area contributed by atoms with Crippen molar-refractivity contribution in [3.05, 3.63) is 11.8 Å². The highest BCUT2D eigenvalue weighted by Crippen LogP contribution is 1.97. The van der Waals surface area contributed by atoms with Gasteiger partial charge in [0.25, 0.3) is 0 Å². The van der Waals surface area contributed by atoms with Crippen molar-refractivity contribution in [3.8, 4) is 0 Å². The molecule has 0 N–H and O–H groups in total. The van der Waals surface area contributed by atoms with Crippen molar-refractivity contribution in [2.45, 2.75) is 13.8 Å². The minimum atomic E-state index is -0.503. The summed E-state index contributed by atoms with van der Waals surface area (Å²) >= 11 is 5.20. The molecule has 92 valence electrons. The molecule has 0 rings (SSSR count). The first kappa shape index (κ1) is 14.8. The van der Waals surface area contributed by atoms with Crippen LogP contribution >= 0.6 is 11.6 Å². The number of esters is 2. The van der Waals surface area contributed by atoms with Crippen LogP contribution in [0.2, 0.25) is 0 Å². The molecule has 0 fully saturated rings. The van der Waals surface area contributed by atoms with Crippen molar-refractivity contribution >= 4 is 23.5 Å². The van der Waals surface area contributed by atoms with Gasteiger partial charge >= 0.3 is 11.9 Å². The summed E-state index contributed by atoms with van der Waals surface area (Å²) in [6.45, 7) is 3.87. The van der Waals surface area contributed by atoms with E-state index in [2.05, 4.69) is 4.74 Å². The van der Waals surface area contributed by atoms with Crippen LogP contribution in [0.25, 0.3) is 0 Å². The second-order valence-corrected chi connectivity index (χ2v) is 3.01. The number of alkyl halides is 1. The van der Waals surface area contributed by atoms with Crippen molar-refractivity contribution in [2.75, 3.05) is 25.7 Å². The van der Waals surface area contributed by atoms with E-state index in [1.165, 1.54) is 6.26 Å². The Labute approximate surface area is 99.3 Å². The molecule has 0 aromatic rings. The van der Waals surface area contributed by atoms with Crippen LogP contribution in [0.3, 0.4) is 0 Å². The first-order valence-electron chi connectivity index (χ1n) is 4.78. The molecule has 0 radical (unpaired) electrons.